The van der Waals surface area contributed by atoms with Crippen LogP contribution < -0.4 is 5.32 Å². The second-order valence-corrected chi connectivity index (χ2v) is 5.62. The molecule has 1 fully saturated rings. The van der Waals surface area contributed by atoms with E-state index in [0.717, 1.165) is 36.3 Å². The molecule has 3 rings (SSSR count). The summed E-state index contributed by atoms with van der Waals surface area (Å²) in [5.41, 5.74) is 2.79. The zero-order chi connectivity index (χ0) is 14.1. The molecule has 1 aromatic rings. The summed E-state index contributed by atoms with van der Waals surface area (Å²) < 4.78 is 5.44. The molecule has 1 aromatic carbocycles. The first-order valence-corrected chi connectivity index (χ1v) is 7.06. The fourth-order valence-corrected chi connectivity index (χ4v) is 2.88. The number of aliphatic hydroxyl groups excluding tert-OH is 1. The minimum absolute atomic E-state index is 0.0912. The van der Waals surface area contributed by atoms with Gasteiger partial charge in [0.05, 0.1) is 12.7 Å². The average Bonchev–Trinajstić information content (AvgIpc) is 2.48. The molecule has 2 aliphatic rings. The molecule has 0 aliphatic carbocycles. The minimum atomic E-state index is -0.497. The summed E-state index contributed by atoms with van der Waals surface area (Å²) in [5, 5.41) is 13.3. The Hall–Kier alpha value is -1.59. The van der Waals surface area contributed by atoms with E-state index in [2.05, 4.69) is 5.32 Å². The smallest absolute Gasteiger partial charge is 0.321 e. The van der Waals surface area contributed by atoms with Crippen molar-refractivity contribution < 1.29 is 14.6 Å². The largest absolute Gasteiger partial charge is 0.388 e. The molecule has 5 nitrogen and oxygen atoms in total. The van der Waals surface area contributed by atoms with Crippen LogP contribution in [-0.2, 0) is 11.3 Å². The van der Waals surface area contributed by atoms with Crippen LogP contribution in [0.1, 0.15) is 30.1 Å². The van der Waals surface area contributed by atoms with E-state index in [4.69, 9.17) is 4.74 Å². The lowest BCUT2D eigenvalue weighted by Crippen LogP contribution is -2.35. The molecular formula is C15H20N2O3. The van der Waals surface area contributed by atoms with Crippen LogP contribution in [0, 0.1) is 5.92 Å². The van der Waals surface area contributed by atoms with Gasteiger partial charge in [0.1, 0.15) is 0 Å². The molecular weight excluding hydrogens is 256 g/mol. The first kappa shape index (κ1) is 13.4. The molecule has 0 spiro atoms. The highest BCUT2D eigenvalue weighted by Gasteiger charge is 2.26. The SMILES string of the molecule is CN1Cc2cc(C(O)C3CCCOC3)ccc2NC1=O. The standard InChI is InChI=1S/C15H20N2O3/c1-17-8-12-7-10(4-5-13(12)16-15(17)19)14(18)11-3-2-6-20-9-11/h4-5,7,11,14,18H,2-3,6,8-9H2,1H3,(H,16,19). The summed E-state index contributed by atoms with van der Waals surface area (Å²) in [4.78, 5) is 13.2. The summed E-state index contributed by atoms with van der Waals surface area (Å²) in [6.07, 6.45) is 1.50. The quantitative estimate of drug-likeness (QED) is 0.869. The van der Waals surface area contributed by atoms with Crippen molar-refractivity contribution in [3.05, 3.63) is 29.3 Å². The number of ether oxygens (including phenoxy) is 1. The molecule has 2 atom stereocenters. The van der Waals surface area contributed by atoms with Crippen LogP contribution in [-0.4, -0.2) is 36.3 Å². The van der Waals surface area contributed by atoms with Gasteiger partial charge < -0.3 is 20.1 Å². The normalized spacial score (nSPS) is 24.0. The molecule has 20 heavy (non-hydrogen) atoms. The summed E-state index contributed by atoms with van der Waals surface area (Å²) in [6.45, 7) is 1.99. The zero-order valence-electron chi connectivity index (χ0n) is 11.6. The summed E-state index contributed by atoms with van der Waals surface area (Å²) in [7, 11) is 1.76. The van der Waals surface area contributed by atoms with E-state index in [0.29, 0.717) is 13.2 Å². The molecule has 0 aromatic heterocycles. The van der Waals surface area contributed by atoms with Crippen molar-refractivity contribution in [1.82, 2.24) is 4.90 Å². The second kappa shape index (κ2) is 5.42. The maximum absolute atomic E-state index is 11.6. The number of carbonyl (C=O) groups excluding carboxylic acids is 1. The third-order valence-corrected chi connectivity index (χ3v) is 4.11. The van der Waals surface area contributed by atoms with Gasteiger partial charge in [-0.15, -0.1) is 0 Å². The summed E-state index contributed by atoms with van der Waals surface area (Å²) in [5.74, 6) is 0.165. The van der Waals surface area contributed by atoms with Gasteiger partial charge in [0.2, 0.25) is 0 Å². The van der Waals surface area contributed by atoms with Crippen LogP contribution in [0.15, 0.2) is 18.2 Å². The second-order valence-electron chi connectivity index (χ2n) is 5.62. The van der Waals surface area contributed by atoms with Crippen molar-refractivity contribution in [1.29, 1.82) is 0 Å². The average molecular weight is 276 g/mol. The number of urea groups is 1. The van der Waals surface area contributed by atoms with Crippen molar-refractivity contribution in [2.75, 3.05) is 25.6 Å². The number of nitrogens with zero attached hydrogens (tertiary/aromatic N) is 1. The van der Waals surface area contributed by atoms with Crippen LogP contribution in [0.5, 0.6) is 0 Å². The van der Waals surface area contributed by atoms with Crippen molar-refractivity contribution in [2.45, 2.75) is 25.5 Å². The first-order chi connectivity index (χ1) is 9.65. The molecule has 0 radical (unpaired) electrons. The Bertz CT molecular complexity index is 512. The van der Waals surface area contributed by atoms with E-state index < -0.39 is 6.10 Å². The van der Waals surface area contributed by atoms with E-state index in [-0.39, 0.29) is 11.9 Å². The van der Waals surface area contributed by atoms with E-state index in [1.54, 1.807) is 11.9 Å². The Kier molecular flexibility index (Phi) is 3.63. The molecule has 0 saturated carbocycles. The van der Waals surface area contributed by atoms with Gasteiger partial charge in [-0.3, -0.25) is 0 Å². The first-order valence-electron chi connectivity index (χ1n) is 7.06. The highest BCUT2D eigenvalue weighted by atomic mass is 16.5. The van der Waals surface area contributed by atoms with Crippen LogP contribution in [0.2, 0.25) is 0 Å². The molecule has 2 N–H and O–H groups in total. The number of hydrogen-bond acceptors (Lipinski definition) is 3. The number of rotatable bonds is 2. The number of carbonyl (C=O) groups is 1. The highest BCUT2D eigenvalue weighted by molar-refractivity contribution is 5.92. The summed E-state index contributed by atoms with van der Waals surface area (Å²) in [6, 6.07) is 5.67. The van der Waals surface area contributed by atoms with Gasteiger partial charge in [0, 0.05) is 31.8 Å². The Morgan fingerprint density at radius 1 is 1.50 bits per heavy atom. The highest BCUT2D eigenvalue weighted by Crippen LogP contribution is 2.32. The monoisotopic (exact) mass is 276 g/mol. The summed E-state index contributed by atoms with van der Waals surface area (Å²) >= 11 is 0. The van der Waals surface area contributed by atoms with Crippen molar-refractivity contribution >= 4 is 11.7 Å². The number of aliphatic hydroxyl groups is 1. The number of anilines is 1. The van der Waals surface area contributed by atoms with Crippen molar-refractivity contribution in [3.63, 3.8) is 0 Å². The maximum atomic E-state index is 11.6. The van der Waals surface area contributed by atoms with Crippen LogP contribution in [0.3, 0.4) is 0 Å². The predicted molar refractivity (Wildman–Crippen MR) is 75.4 cm³/mol. The lowest BCUT2D eigenvalue weighted by molar-refractivity contribution is -0.00999. The molecule has 108 valence electrons. The van der Waals surface area contributed by atoms with Crippen LogP contribution in [0.25, 0.3) is 0 Å². The van der Waals surface area contributed by atoms with E-state index in [1.165, 1.54) is 0 Å². The molecule has 2 amide bonds. The van der Waals surface area contributed by atoms with E-state index in [1.807, 2.05) is 18.2 Å². The van der Waals surface area contributed by atoms with Gasteiger partial charge >= 0.3 is 6.03 Å². The third-order valence-electron chi connectivity index (χ3n) is 4.11. The minimum Gasteiger partial charge on any atom is -0.388 e. The lowest BCUT2D eigenvalue weighted by Gasteiger charge is -2.29. The van der Waals surface area contributed by atoms with E-state index in [9.17, 15) is 9.90 Å². The lowest BCUT2D eigenvalue weighted by atomic mass is 9.90. The Balaban J connectivity index is 1.81. The number of hydrogen-bond donors (Lipinski definition) is 2. The molecule has 5 heteroatoms. The number of benzene rings is 1. The maximum Gasteiger partial charge on any atom is 0.321 e. The fraction of sp³-hybridized carbons (Fsp3) is 0.533. The molecule has 2 unspecified atom stereocenters. The van der Waals surface area contributed by atoms with Gasteiger partial charge in [-0.05, 0) is 36.1 Å². The van der Waals surface area contributed by atoms with Gasteiger partial charge in [-0.25, -0.2) is 4.79 Å². The predicted octanol–water partition coefficient (Wildman–Crippen LogP) is 2.12. The number of nitrogens with one attached hydrogen (secondary N) is 1. The van der Waals surface area contributed by atoms with Gasteiger partial charge in [0.25, 0.3) is 0 Å². The molecule has 1 saturated heterocycles. The Morgan fingerprint density at radius 3 is 3.10 bits per heavy atom. The van der Waals surface area contributed by atoms with Crippen molar-refractivity contribution in [2.24, 2.45) is 5.92 Å². The molecule has 0 bridgehead atoms. The van der Waals surface area contributed by atoms with Gasteiger partial charge in [0.15, 0.2) is 0 Å². The molecule has 2 aliphatic heterocycles. The van der Waals surface area contributed by atoms with Gasteiger partial charge in [-0.2, -0.15) is 0 Å². The number of fused-ring (bicyclic) bond motifs is 1. The van der Waals surface area contributed by atoms with Gasteiger partial charge in [-0.1, -0.05) is 6.07 Å². The van der Waals surface area contributed by atoms with Crippen LogP contribution >= 0.6 is 0 Å². The Labute approximate surface area is 118 Å². The molecule has 2 heterocycles. The van der Waals surface area contributed by atoms with Crippen molar-refractivity contribution in [3.8, 4) is 0 Å². The number of amides is 2. The Morgan fingerprint density at radius 2 is 2.35 bits per heavy atom. The topological polar surface area (TPSA) is 61.8 Å². The van der Waals surface area contributed by atoms with Crippen LogP contribution in [0.4, 0.5) is 10.5 Å². The third kappa shape index (κ3) is 2.51. The van der Waals surface area contributed by atoms with E-state index >= 15 is 0 Å². The zero-order valence-corrected chi connectivity index (χ0v) is 11.6. The fourth-order valence-electron chi connectivity index (χ4n) is 2.88.